The van der Waals surface area contributed by atoms with Crippen LogP contribution in [-0.2, 0) is 0 Å². The normalized spacial score (nSPS) is 12.8. The van der Waals surface area contributed by atoms with Gasteiger partial charge in [-0.1, -0.05) is 57.7 Å². The lowest BCUT2D eigenvalue weighted by atomic mass is 9.91. The molecule has 0 saturated heterocycles. The van der Waals surface area contributed by atoms with Gasteiger partial charge in [0.2, 0.25) is 0 Å². The second kappa shape index (κ2) is 12.2. The second-order valence-corrected chi connectivity index (χ2v) is 9.65. The third-order valence-corrected chi connectivity index (χ3v) is 5.29. The first-order valence-electron chi connectivity index (χ1n) is 11.6. The molecular formula is C29H40N4. The summed E-state index contributed by atoms with van der Waals surface area (Å²) in [6, 6.07) is 12.7. The van der Waals surface area contributed by atoms with Gasteiger partial charge in [0, 0.05) is 51.2 Å². The number of pyridine rings is 1. The van der Waals surface area contributed by atoms with Crippen LogP contribution in [0.5, 0.6) is 0 Å². The number of aromatic nitrogens is 1. The number of allylic oxidation sites excluding steroid dienone is 4. The SMILES string of the molecule is C=C/C(=C\N(C)C)c1cccc(-c2ccc(C(/C=N\C)=C/C)c(NCCCC(C)(C)C)n2)c1. The number of hydrogen-bond acceptors (Lipinski definition) is 4. The number of benzene rings is 1. The van der Waals surface area contributed by atoms with E-state index in [2.05, 4.69) is 86.3 Å². The smallest absolute Gasteiger partial charge is 0.134 e. The predicted octanol–water partition coefficient (Wildman–Crippen LogP) is 7.18. The van der Waals surface area contributed by atoms with E-state index in [4.69, 9.17) is 4.98 Å². The standard InChI is InChI=1S/C29H40N4/c1-9-22(20-30-6)26-15-16-27(32-28(26)31-18-12-17-29(3,4)5)25-14-11-13-24(19-25)23(10-2)21-33(7)8/h9-11,13-16,19-21H,2,12,17-18H2,1,3-8H3,(H,31,32)/b22-9+,23-21+,30-20-. The number of hydrogen-bond donors (Lipinski definition) is 1. The highest BCUT2D eigenvalue weighted by atomic mass is 15.0. The molecule has 1 aromatic heterocycles. The van der Waals surface area contributed by atoms with Crippen LogP contribution in [0.2, 0.25) is 0 Å². The van der Waals surface area contributed by atoms with Crippen LogP contribution in [0.25, 0.3) is 22.4 Å². The number of anilines is 1. The van der Waals surface area contributed by atoms with Gasteiger partial charge in [-0.15, -0.1) is 0 Å². The zero-order valence-corrected chi connectivity index (χ0v) is 21.4. The van der Waals surface area contributed by atoms with E-state index < -0.39 is 0 Å². The first-order chi connectivity index (χ1) is 15.7. The Bertz CT molecular complexity index is 1020. The molecule has 33 heavy (non-hydrogen) atoms. The van der Waals surface area contributed by atoms with E-state index in [-0.39, 0.29) is 0 Å². The van der Waals surface area contributed by atoms with Crippen molar-refractivity contribution in [1.29, 1.82) is 0 Å². The summed E-state index contributed by atoms with van der Waals surface area (Å²) >= 11 is 0. The van der Waals surface area contributed by atoms with Gasteiger partial charge in [0.25, 0.3) is 0 Å². The summed E-state index contributed by atoms with van der Waals surface area (Å²) in [6.07, 6.45) is 10.2. The Balaban J connectivity index is 2.44. The Morgan fingerprint density at radius 1 is 1.15 bits per heavy atom. The van der Waals surface area contributed by atoms with Gasteiger partial charge in [0.05, 0.1) is 5.69 Å². The van der Waals surface area contributed by atoms with Crippen molar-refractivity contribution in [3.05, 3.63) is 72.5 Å². The van der Waals surface area contributed by atoms with Crippen molar-refractivity contribution < 1.29 is 0 Å². The molecule has 0 unspecified atom stereocenters. The summed E-state index contributed by atoms with van der Waals surface area (Å²) in [5, 5.41) is 3.60. The minimum absolute atomic E-state index is 0.326. The number of rotatable bonds is 10. The summed E-state index contributed by atoms with van der Waals surface area (Å²) in [4.78, 5) is 11.3. The molecule has 0 radical (unpaired) electrons. The molecule has 0 fully saturated rings. The molecule has 2 aromatic rings. The average molecular weight is 445 g/mol. The molecule has 0 aliphatic carbocycles. The van der Waals surface area contributed by atoms with Gasteiger partial charge in [-0.3, -0.25) is 4.99 Å². The van der Waals surface area contributed by atoms with Crippen molar-refractivity contribution in [3.63, 3.8) is 0 Å². The molecule has 2 rings (SSSR count). The summed E-state index contributed by atoms with van der Waals surface area (Å²) in [5.41, 5.74) is 6.67. The van der Waals surface area contributed by atoms with E-state index in [1.807, 2.05) is 38.2 Å². The highest BCUT2D eigenvalue weighted by Gasteiger charge is 2.13. The maximum absolute atomic E-state index is 5.05. The lowest BCUT2D eigenvalue weighted by Gasteiger charge is -2.19. The Morgan fingerprint density at radius 2 is 1.91 bits per heavy atom. The molecule has 4 nitrogen and oxygen atoms in total. The van der Waals surface area contributed by atoms with E-state index in [1.165, 1.54) is 0 Å². The highest BCUT2D eigenvalue weighted by molar-refractivity contribution is 6.11. The van der Waals surface area contributed by atoms with Gasteiger partial charge in [0.1, 0.15) is 5.82 Å². The zero-order valence-electron chi connectivity index (χ0n) is 21.4. The van der Waals surface area contributed by atoms with Crippen LogP contribution in [0, 0.1) is 5.41 Å². The maximum Gasteiger partial charge on any atom is 0.134 e. The fourth-order valence-electron chi connectivity index (χ4n) is 3.63. The third kappa shape index (κ3) is 8.05. The number of nitrogens with one attached hydrogen (secondary N) is 1. The summed E-state index contributed by atoms with van der Waals surface area (Å²) in [7, 11) is 5.83. The average Bonchev–Trinajstić information content (AvgIpc) is 2.78. The molecular weight excluding hydrogens is 404 g/mol. The number of aliphatic imine (C=N–C) groups is 1. The first kappa shape index (κ1) is 26.1. The summed E-state index contributed by atoms with van der Waals surface area (Å²) in [5.74, 6) is 0.896. The monoisotopic (exact) mass is 444 g/mol. The molecule has 0 bridgehead atoms. The van der Waals surface area contributed by atoms with Crippen LogP contribution in [0.4, 0.5) is 5.82 Å². The van der Waals surface area contributed by atoms with Crippen molar-refractivity contribution in [2.75, 3.05) is 33.0 Å². The van der Waals surface area contributed by atoms with Gasteiger partial charge in [-0.05, 0) is 60.1 Å². The summed E-state index contributed by atoms with van der Waals surface area (Å²) in [6.45, 7) is 13.7. The largest absolute Gasteiger partial charge is 0.383 e. The molecule has 0 saturated carbocycles. The minimum Gasteiger partial charge on any atom is -0.383 e. The molecule has 1 heterocycles. The Kier molecular flexibility index (Phi) is 9.65. The topological polar surface area (TPSA) is 40.5 Å². The van der Waals surface area contributed by atoms with Gasteiger partial charge in [-0.2, -0.15) is 0 Å². The molecule has 0 atom stereocenters. The molecule has 0 aliphatic rings. The van der Waals surface area contributed by atoms with Crippen LogP contribution >= 0.6 is 0 Å². The van der Waals surface area contributed by atoms with E-state index in [9.17, 15) is 0 Å². The molecule has 176 valence electrons. The molecule has 4 heteroatoms. The summed E-state index contributed by atoms with van der Waals surface area (Å²) < 4.78 is 0. The van der Waals surface area contributed by atoms with Gasteiger partial charge in [0.15, 0.2) is 0 Å². The molecule has 0 spiro atoms. The first-order valence-corrected chi connectivity index (χ1v) is 11.6. The van der Waals surface area contributed by atoms with E-state index in [0.29, 0.717) is 5.41 Å². The fourth-order valence-corrected chi connectivity index (χ4v) is 3.63. The predicted molar refractivity (Wildman–Crippen MR) is 147 cm³/mol. The quantitative estimate of drug-likeness (QED) is 0.240. The lowest BCUT2D eigenvalue weighted by molar-refractivity contribution is 0.370. The second-order valence-electron chi connectivity index (χ2n) is 9.65. The van der Waals surface area contributed by atoms with Crippen LogP contribution in [0.15, 0.2) is 66.3 Å². The third-order valence-electron chi connectivity index (χ3n) is 5.29. The van der Waals surface area contributed by atoms with Crippen LogP contribution in [0.1, 0.15) is 51.7 Å². The molecule has 1 N–H and O–H groups in total. The van der Waals surface area contributed by atoms with Crippen molar-refractivity contribution in [2.45, 2.75) is 40.5 Å². The van der Waals surface area contributed by atoms with Crippen molar-refractivity contribution >= 4 is 23.2 Å². The minimum atomic E-state index is 0.326. The Morgan fingerprint density at radius 3 is 2.52 bits per heavy atom. The highest BCUT2D eigenvalue weighted by Crippen LogP contribution is 2.29. The van der Waals surface area contributed by atoms with Crippen LogP contribution < -0.4 is 5.32 Å². The Hall–Kier alpha value is -3.14. The van der Waals surface area contributed by atoms with Crippen LogP contribution in [0.3, 0.4) is 0 Å². The fraction of sp³-hybridized carbons (Fsp3) is 0.379. The molecule has 0 aliphatic heterocycles. The Labute approximate surface area is 200 Å². The van der Waals surface area contributed by atoms with E-state index in [0.717, 1.165) is 58.7 Å². The molecule has 1 aromatic carbocycles. The van der Waals surface area contributed by atoms with Crippen molar-refractivity contribution in [3.8, 4) is 11.3 Å². The lowest BCUT2D eigenvalue weighted by Crippen LogP contribution is -2.11. The maximum atomic E-state index is 5.05. The van der Waals surface area contributed by atoms with E-state index >= 15 is 0 Å². The van der Waals surface area contributed by atoms with Gasteiger partial charge < -0.3 is 10.2 Å². The molecule has 0 amide bonds. The van der Waals surface area contributed by atoms with E-state index in [1.54, 1.807) is 7.05 Å². The number of nitrogens with zero attached hydrogens (tertiary/aromatic N) is 3. The van der Waals surface area contributed by atoms with Gasteiger partial charge in [-0.25, -0.2) is 4.98 Å². The van der Waals surface area contributed by atoms with Crippen molar-refractivity contribution in [2.24, 2.45) is 10.4 Å². The zero-order chi connectivity index (χ0) is 24.4. The van der Waals surface area contributed by atoms with Crippen molar-refractivity contribution in [1.82, 2.24) is 9.88 Å². The van der Waals surface area contributed by atoms with Crippen LogP contribution in [-0.4, -0.2) is 43.8 Å². The van der Waals surface area contributed by atoms with Gasteiger partial charge >= 0.3 is 0 Å².